The van der Waals surface area contributed by atoms with Crippen molar-refractivity contribution in [2.45, 2.75) is 64.1 Å². The van der Waals surface area contributed by atoms with Gasteiger partial charge >= 0.3 is 0 Å². The molecule has 0 aliphatic rings. The molecule has 236 valence electrons. The fourth-order valence-corrected chi connectivity index (χ4v) is 6.39. The van der Waals surface area contributed by atoms with Crippen molar-refractivity contribution in [1.29, 1.82) is 0 Å². The van der Waals surface area contributed by atoms with Crippen LogP contribution in [0.5, 0.6) is 0 Å². The number of sulfonamides is 1. The van der Waals surface area contributed by atoms with E-state index in [2.05, 4.69) is 5.32 Å². The summed E-state index contributed by atoms with van der Waals surface area (Å²) in [6, 6.07) is 27.3. The van der Waals surface area contributed by atoms with Crippen LogP contribution >= 0.6 is 0 Å². The lowest BCUT2D eigenvalue weighted by atomic mass is 10.0. The van der Waals surface area contributed by atoms with E-state index in [0.29, 0.717) is 6.42 Å². The number of aryl methyl sites for hydroxylation is 2. The van der Waals surface area contributed by atoms with E-state index in [1.807, 2.05) is 82.3 Å². The van der Waals surface area contributed by atoms with Crippen LogP contribution in [0.1, 0.15) is 42.5 Å². The number of carbonyl (C=O) groups is 2. The van der Waals surface area contributed by atoms with Crippen molar-refractivity contribution < 1.29 is 22.4 Å². The van der Waals surface area contributed by atoms with Gasteiger partial charge < -0.3 is 10.2 Å². The molecule has 4 aromatic carbocycles. The van der Waals surface area contributed by atoms with Crippen LogP contribution in [-0.2, 0) is 32.6 Å². The second kappa shape index (κ2) is 15.0. The third-order valence-electron chi connectivity index (χ3n) is 7.71. The molecule has 0 saturated heterocycles. The van der Waals surface area contributed by atoms with Crippen molar-refractivity contribution >= 4 is 27.5 Å². The second-order valence-corrected chi connectivity index (χ2v) is 13.2. The maximum absolute atomic E-state index is 14.5. The Kier molecular flexibility index (Phi) is 11.1. The Morgan fingerprint density at radius 1 is 0.822 bits per heavy atom. The Balaban J connectivity index is 1.80. The molecule has 0 aliphatic heterocycles. The number of anilines is 1. The molecule has 2 atom stereocenters. The molecule has 0 saturated carbocycles. The monoisotopic (exact) mass is 629 g/mol. The number of hydrogen-bond donors (Lipinski definition) is 1. The van der Waals surface area contributed by atoms with Gasteiger partial charge in [-0.15, -0.1) is 0 Å². The van der Waals surface area contributed by atoms with E-state index in [9.17, 15) is 22.4 Å². The Morgan fingerprint density at radius 2 is 1.47 bits per heavy atom. The van der Waals surface area contributed by atoms with Gasteiger partial charge in [-0.05, 0) is 74.7 Å². The van der Waals surface area contributed by atoms with Gasteiger partial charge in [-0.1, -0.05) is 84.8 Å². The summed E-state index contributed by atoms with van der Waals surface area (Å²) in [6.45, 7) is 7.20. The quantitative estimate of drug-likeness (QED) is 0.191. The number of hydrogen-bond acceptors (Lipinski definition) is 4. The minimum Gasteiger partial charge on any atom is -0.352 e. The van der Waals surface area contributed by atoms with Crippen LogP contribution < -0.4 is 9.62 Å². The topological polar surface area (TPSA) is 86.8 Å². The molecule has 1 N–H and O–H groups in total. The first-order chi connectivity index (χ1) is 21.5. The zero-order valence-corrected chi connectivity index (χ0v) is 26.9. The van der Waals surface area contributed by atoms with Gasteiger partial charge in [-0.25, -0.2) is 12.8 Å². The minimum atomic E-state index is -4.30. The molecule has 0 fully saturated rings. The van der Waals surface area contributed by atoms with E-state index in [4.69, 9.17) is 0 Å². The van der Waals surface area contributed by atoms with Crippen LogP contribution in [0.4, 0.5) is 10.1 Å². The van der Waals surface area contributed by atoms with E-state index in [-0.39, 0.29) is 35.5 Å². The lowest BCUT2D eigenvalue weighted by Crippen LogP contribution is -2.54. The third kappa shape index (κ3) is 8.79. The standard InChI is InChI=1S/C36H40FN3O4S/c1-5-28(4)38-36(42)34(23-29-11-7-6-8-12-29)39(24-30-13-9-10-27(3)22-30)35(41)25-40(32-18-14-26(2)15-19-32)45(43,44)33-20-16-31(37)17-21-33/h6-22,28,34H,5,23-25H2,1-4H3,(H,38,42)/t28-,34-/m0/s1. The molecule has 0 unspecified atom stereocenters. The first-order valence-electron chi connectivity index (χ1n) is 15.0. The number of amides is 2. The Labute approximate surface area is 265 Å². The fourth-order valence-electron chi connectivity index (χ4n) is 4.98. The van der Waals surface area contributed by atoms with Gasteiger partial charge in [0.25, 0.3) is 10.0 Å². The van der Waals surface area contributed by atoms with E-state index in [0.717, 1.165) is 38.7 Å². The van der Waals surface area contributed by atoms with Crippen molar-refractivity contribution in [3.05, 3.63) is 131 Å². The van der Waals surface area contributed by atoms with Gasteiger partial charge in [0.1, 0.15) is 18.4 Å². The highest BCUT2D eigenvalue weighted by Crippen LogP contribution is 2.26. The normalized spacial score (nSPS) is 12.6. The highest BCUT2D eigenvalue weighted by molar-refractivity contribution is 7.92. The zero-order valence-electron chi connectivity index (χ0n) is 26.1. The Hall–Kier alpha value is -4.50. The van der Waals surface area contributed by atoms with Gasteiger partial charge in [-0.3, -0.25) is 13.9 Å². The summed E-state index contributed by atoms with van der Waals surface area (Å²) in [7, 11) is -4.30. The van der Waals surface area contributed by atoms with Crippen LogP contribution in [0.2, 0.25) is 0 Å². The number of halogens is 1. The SMILES string of the molecule is CC[C@H](C)NC(=O)[C@H](Cc1ccccc1)N(Cc1cccc(C)c1)C(=O)CN(c1ccc(C)cc1)S(=O)(=O)c1ccc(F)cc1. The molecule has 0 radical (unpaired) electrons. The number of rotatable bonds is 13. The van der Waals surface area contributed by atoms with Gasteiger partial charge in [0, 0.05) is 19.0 Å². The highest BCUT2D eigenvalue weighted by atomic mass is 32.2. The molecule has 9 heteroatoms. The van der Waals surface area contributed by atoms with E-state index in [1.165, 1.54) is 17.0 Å². The van der Waals surface area contributed by atoms with Crippen LogP contribution in [0.3, 0.4) is 0 Å². The maximum Gasteiger partial charge on any atom is 0.264 e. The molecule has 7 nitrogen and oxygen atoms in total. The van der Waals surface area contributed by atoms with Crippen molar-refractivity contribution in [3.63, 3.8) is 0 Å². The second-order valence-electron chi connectivity index (χ2n) is 11.3. The van der Waals surface area contributed by atoms with Crippen molar-refractivity contribution in [1.82, 2.24) is 10.2 Å². The van der Waals surface area contributed by atoms with Gasteiger partial charge in [-0.2, -0.15) is 0 Å². The average Bonchev–Trinajstić information content (AvgIpc) is 3.02. The van der Waals surface area contributed by atoms with Crippen molar-refractivity contribution in [2.24, 2.45) is 0 Å². The molecule has 0 spiro atoms. The van der Waals surface area contributed by atoms with Gasteiger partial charge in [0.15, 0.2) is 0 Å². The molecule has 4 aromatic rings. The summed E-state index contributed by atoms with van der Waals surface area (Å²) < 4.78 is 42.8. The zero-order chi connectivity index (χ0) is 32.6. The molecule has 0 aliphatic carbocycles. The first-order valence-corrected chi connectivity index (χ1v) is 16.5. The van der Waals surface area contributed by atoms with Crippen LogP contribution in [0, 0.1) is 19.7 Å². The van der Waals surface area contributed by atoms with Crippen molar-refractivity contribution in [2.75, 3.05) is 10.8 Å². The van der Waals surface area contributed by atoms with E-state index >= 15 is 0 Å². The van der Waals surface area contributed by atoms with Gasteiger partial charge in [0.2, 0.25) is 11.8 Å². The summed E-state index contributed by atoms with van der Waals surface area (Å²) in [4.78, 5) is 29.7. The number of benzene rings is 4. The Bertz CT molecular complexity index is 1690. The molecule has 4 rings (SSSR count). The number of nitrogens with one attached hydrogen (secondary N) is 1. The van der Waals surface area contributed by atoms with Crippen LogP contribution in [0.25, 0.3) is 0 Å². The maximum atomic E-state index is 14.5. The molecule has 2 amide bonds. The largest absolute Gasteiger partial charge is 0.352 e. The molecule has 0 aromatic heterocycles. The predicted octanol–water partition coefficient (Wildman–Crippen LogP) is 6.19. The van der Waals surface area contributed by atoms with Crippen molar-refractivity contribution in [3.8, 4) is 0 Å². The average molecular weight is 630 g/mol. The molecule has 0 bridgehead atoms. The van der Waals surface area contributed by atoms with Crippen LogP contribution in [0.15, 0.2) is 108 Å². The predicted molar refractivity (Wildman–Crippen MR) is 176 cm³/mol. The molecular formula is C36H40FN3O4S. The lowest BCUT2D eigenvalue weighted by molar-refractivity contribution is -0.140. The number of carbonyl (C=O) groups excluding carboxylic acids is 2. The summed E-state index contributed by atoms with van der Waals surface area (Å²) in [5.74, 6) is -1.45. The van der Waals surface area contributed by atoms with Gasteiger partial charge in [0.05, 0.1) is 10.6 Å². The van der Waals surface area contributed by atoms with E-state index in [1.54, 1.807) is 24.3 Å². The molecular weight excluding hydrogens is 589 g/mol. The lowest BCUT2D eigenvalue weighted by Gasteiger charge is -2.34. The summed E-state index contributed by atoms with van der Waals surface area (Å²) >= 11 is 0. The summed E-state index contributed by atoms with van der Waals surface area (Å²) in [6.07, 6.45) is 0.933. The fraction of sp³-hybridized carbons (Fsp3) is 0.278. The van der Waals surface area contributed by atoms with E-state index < -0.39 is 34.3 Å². The minimum absolute atomic E-state index is 0.0876. The summed E-state index contributed by atoms with van der Waals surface area (Å²) in [5.41, 5.74) is 3.84. The summed E-state index contributed by atoms with van der Waals surface area (Å²) in [5, 5.41) is 3.03. The first kappa shape index (κ1) is 33.4. The third-order valence-corrected chi connectivity index (χ3v) is 9.50. The number of nitrogens with zero attached hydrogens (tertiary/aromatic N) is 2. The molecule has 0 heterocycles. The smallest absolute Gasteiger partial charge is 0.264 e. The van der Waals surface area contributed by atoms with Crippen LogP contribution in [-0.4, -0.2) is 43.8 Å². The highest BCUT2D eigenvalue weighted by Gasteiger charge is 2.35. The Morgan fingerprint density at radius 3 is 2.09 bits per heavy atom. The molecule has 45 heavy (non-hydrogen) atoms.